The van der Waals surface area contributed by atoms with Crippen LogP contribution in [0.5, 0.6) is 0 Å². The molecule has 2 nitrogen and oxygen atoms in total. The van der Waals surface area contributed by atoms with Crippen molar-refractivity contribution in [3.63, 3.8) is 0 Å². The summed E-state index contributed by atoms with van der Waals surface area (Å²) in [5, 5.41) is 4.17. The Bertz CT molecular complexity index is 554. The Morgan fingerprint density at radius 2 is 1.95 bits per heavy atom. The van der Waals surface area contributed by atoms with Gasteiger partial charge in [-0.25, -0.2) is 4.98 Å². The second kappa shape index (κ2) is 8.04. The first-order valence-electron chi connectivity index (χ1n) is 7.64. The van der Waals surface area contributed by atoms with Crippen LogP contribution in [0.1, 0.15) is 49.8 Å². The number of anilines is 1. The molecule has 1 atom stereocenters. The molecule has 2 rings (SSSR count). The molecule has 0 aliphatic heterocycles. The highest BCUT2D eigenvalue weighted by molar-refractivity contribution is 6.30. The van der Waals surface area contributed by atoms with Crippen molar-refractivity contribution in [2.75, 3.05) is 5.32 Å². The normalized spacial score (nSPS) is 12.1. The van der Waals surface area contributed by atoms with Gasteiger partial charge >= 0.3 is 0 Å². The molecule has 0 fully saturated rings. The molecule has 1 N–H and O–H groups in total. The number of nitrogens with one attached hydrogen (secondary N) is 1. The maximum absolute atomic E-state index is 6.00. The zero-order valence-corrected chi connectivity index (χ0v) is 13.5. The molecule has 112 valence electrons. The van der Waals surface area contributed by atoms with E-state index in [1.807, 2.05) is 13.1 Å². The number of hydrogen-bond acceptors (Lipinski definition) is 2. The van der Waals surface area contributed by atoms with E-state index < -0.39 is 0 Å². The van der Waals surface area contributed by atoms with E-state index in [-0.39, 0.29) is 0 Å². The molecule has 0 amide bonds. The van der Waals surface area contributed by atoms with E-state index in [1.165, 1.54) is 24.8 Å². The second-order valence-electron chi connectivity index (χ2n) is 5.44. The number of benzene rings is 1. The molecule has 3 heteroatoms. The molecule has 0 saturated carbocycles. The lowest BCUT2D eigenvalue weighted by atomic mass is 10.00. The summed E-state index contributed by atoms with van der Waals surface area (Å²) in [4.78, 5) is 4.22. The molecular formula is C18H23ClN2. The Balaban J connectivity index is 2.13. The topological polar surface area (TPSA) is 24.9 Å². The second-order valence-corrected chi connectivity index (χ2v) is 5.79. The summed E-state index contributed by atoms with van der Waals surface area (Å²) < 4.78 is 0. The van der Waals surface area contributed by atoms with E-state index in [0.717, 1.165) is 17.7 Å². The highest BCUT2D eigenvalue weighted by Crippen LogP contribution is 2.26. The largest absolute Gasteiger partial charge is 0.377 e. The summed E-state index contributed by atoms with van der Waals surface area (Å²) in [6, 6.07) is 13.0. The zero-order valence-electron chi connectivity index (χ0n) is 12.8. The Morgan fingerprint density at radius 3 is 2.62 bits per heavy atom. The van der Waals surface area contributed by atoms with Crippen LogP contribution in [-0.2, 0) is 0 Å². The van der Waals surface area contributed by atoms with Crippen LogP contribution >= 0.6 is 11.6 Å². The van der Waals surface area contributed by atoms with Crippen LogP contribution in [0, 0.1) is 6.92 Å². The highest BCUT2D eigenvalue weighted by atomic mass is 35.5. The average molecular weight is 303 g/mol. The van der Waals surface area contributed by atoms with Crippen LogP contribution in [0.15, 0.2) is 42.6 Å². The van der Waals surface area contributed by atoms with E-state index in [9.17, 15) is 0 Å². The van der Waals surface area contributed by atoms with Gasteiger partial charge < -0.3 is 5.32 Å². The number of aryl methyl sites for hydroxylation is 1. The van der Waals surface area contributed by atoms with Gasteiger partial charge in [-0.1, -0.05) is 68.1 Å². The maximum atomic E-state index is 6.00. The Morgan fingerprint density at radius 1 is 1.19 bits per heavy atom. The van der Waals surface area contributed by atoms with Gasteiger partial charge in [-0.3, -0.25) is 0 Å². The molecule has 0 aliphatic rings. The molecule has 1 heterocycles. The van der Waals surface area contributed by atoms with Crippen molar-refractivity contribution in [3.05, 3.63) is 58.9 Å². The van der Waals surface area contributed by atoms with E-state index in [1.54, 1.807) is 0 Å². The van der Waals surface area contributed by atoms with Gasteiger partial charge in [0, 0.05) is 0 Å². The molecular weight excluding hydrogens is 280 g/mol. The molecule has 0 aliphatic carbocycles. The van der Waals surface area contributed by atoms with Crippen LogP contribution in [0.4, 0.5) is 5.69 Å². The fourth-order valence-corrected chi connectivity index (χ4v) is 2.55. The van der Waals surface area contributed by atoms with Crippen molar-refractivity contribution < 1.29 is 0 Å². The van der Waals surface area contributed by atoms with Crippen LogP contribution < -0.4 is 5.32 Å². The number of unbranched alkanes of at least 4 members (excludes halogenated alkanes) is 2. The fraction of sp³-hybridized carbons (Fsp3) is 0.389. The lowest BCUT2D eigenvalue weighted by molar-refractivity contribution is 0.606. The first-order chi connectivity index (χ1) is 10.2. The van der Waals surface area contributed by atoms with Gasteiger partial charge in [-0.2, -0.15) is 0 Å². The van der Waals surface area contributed by atoms with E-state index >= 15 is 0 Å². The number of hydrogen-bond donors (Lipinski definition) is 1. The van der Waals surface area contributed by atoms with Gasteiger partial charge in [-0.15, -0.1) is 0 Å². The van der Waals surface area contributed by atoms with Gasteiger partial charge in [0.15, 0.2) is 0 Å². The molecule has 1 aromatic heterocycles. The van der Waals surface area contributed by atoms with Crippen molar-refractivity contribution >= 4 is 17.3 Å². The number of halogens is 1. The number of aromatic nitrogens is 1. The SMILES string of the molecule is CCCCCC(Nc1cnc(Cl)c(C)c1)c1ccccc1. The predicted octanol–water partition coefficient (Wildman–Crippen LogP) is 5.78. The van der Waals surface area contributed by atoms with E-state index in [0.29, 0.717) is 11.2 Å². The minimum absolute atomic E-state index is 0.320. The first kappa shape index (κ1) is 15.8. The molecule has 21 heavy (non-hydrogen) atoms. The quantitative estimate of drug-likeness (QED) is 0.518. The van der Waals surface area contributed by atoms with Gasteiger partial charge in [0.05, 0.1) is 17.9 Å². The van der Waals surface area contributed by atoms with Gasteiger partial charge in [0.2, 0.25) is 0 Å². The predicted molar refractivity (Wildman–Crippen MR) is 90.9 cm³/mol. The van der Waals surface area contributed by atoms with Crippen LogP contribution in [0.25, 0.3) is 0 Å². The summed E-state index contributed by atoms with van der Waals surface area (Å²) in [6.45, 7) is 4.21. The van der Waals surface area contributed by atoms with Gasteiger partial charge in [-0.05, 0) is 30.5 Å². The summed E-state index contributed by atoms with van der Waals surface area (Å²) in [7, 11) is 0. The maximum Gasteiger partial charge on any atom is 0.132 e. The minimum atomic E-state index is 0.320. The minimum Gasteiger partial charge on any atom is -0.377 e. The Labute approximate surface area is 132 Å². The monoisotopic (exact) mass is 302 g/mol. The third kappa shape index (κ3) is 4.75. The molecule has 0 bridgehead atoms. The number of pyridine rings is 1. The van der Waals surface area contributed by atoms with Gasteiger partial charge in [0.25, 0.3) is 0 Å². The third-order valence-corrected chi connectivity index (χ3v) is 4.05. The molecule has 0 radical (unpaired) electrons. The highest BCUT2D eigenvalue weighted by Gasteiger charge is 2.11. The number of nitrogens with zero attached hydrogens (tertiary/aromatic N) is 1. The molecule has 2 aromatic rings. The first-order valence-corrected chi connectivity index (χ1v) is 8.02. The van der Waals surface area contributed by atoms with Crippen LogP contribution in [-0.4, -0.2) is 4.98 Å². The fourth-order valence-electron chi connectivity index (χ4n) is 2.44. The summed E-state index contributed by atoms with van der Waals surface area (Å²) in [5.41, 5.74) is 3.35. The molecule has 0 saturated heterocycles. The van der Waals surface area contributed by atoms with Crippen molar-refractivity contribution in [3.8, 4) is 0 Å². The lowest BCUT2D eigenvalue weighted by Crippen LogP contribution is -2.11. The molecule has 1 aromatic carbocycles. The summed E-state index contributed by atoms with van der Waals surface area (Å²) in [5.74, 6) is 0. The van der Waals surface area contributed by atoms with E-state index in [2.05, 4.69) is 53.6 Å². The lowest BCUT2D eigenvalue weighted by Gasteiger charge is -2.20. The van der Waals surface area contributed by atoms with Crippen molar-refractivity contribution in [2.45, 2.75) is 45.6 Å². The van der Waals surface area contributed by atoms with Crippen LogP contribution in [0.3, 0.4) is 0 Å². The Kier molecular flexibility index (Phi) is 6.06. The van der Waals surface area contributed by atoms with Crippen molar-refractivity contribution in [1.29, 1.82) is 0 Å². The van der Waals surface area contributed by atoms with Gasteiger partial charge in [0.1, 0.15) is 5.15 Å². The smallest absolute Gasteiger partial charge is 0.132 e. The van der Waals surface area contributed by atoms with Crippen molar-refractivity contribution in [2.24, 2.45) is 0 Å². The third-order valence-electron chi connectivity index (χ3n) is 3.65. The number of rotatable bonds is 7. The summed E-state index contributed by atoms with van der Waals surface area (Å²) >= 11 is 6.00. The standard InChI is InChI=1S/C18H23ClN2/c1-3-4-6-11-17(15-9-7-5-8-10-15)21-16-12-14(2)18(19)20-13-16/h5,7-10,12-13,17,21H,3-4,6,11H2,1-2H3. The molecule has 0 spiro atoms. The molecule has 1 unspecified atom stereocenters. The Hall–Kier alpha value is -1.54. The average Bonchev–Trinajstić information content (AvgIpc) is 2.51. The summed E-state index contributed by atoms with van der Waals surface area (Å²) in [6.07, 6.45) is 6.67. The van der Waals surface area contributed by atoms with Crippen LogP contribution in [0.2, 0.25) is 5.15 Å². The zero-order chi connectivity index (χ0) is 15.1. The van der Waals surface area contributed by atoms with Crippen molar-refractivity contribution in [1.82, 2.24) is 4.98 Å². The van der Waals surface area contributed by atoms with E-state index in [4.69, 9.17) is 11.6 Å².